The van der Waals surface area contributed by atoms with Crippen LogP contribution < -0.4 is 15.4 Å². The van der Waals surface area contributed by atoms with Gasteiger partial charge in [-0.15, -0.1) is 0 Å². The summed E-state index contributed by atoms with van der Waals surface area (Å²) in [6, 6.07) is 9.85. The van der Waals surface area contributed by atoms with Crippen LogP contribution in [0.4, 0.5) is 5.69 Å². The molecule has 1 amide bonds. The van der Waals surface area contributed by atoms with Crippen LogP contribution in [0.2, 0.25) is 5.02 Å². The van der Waals surface area contributed by atoms with E-state index < -0.39 is 21.8 Å². The maximum atomic E-state index is 12.7. The maximum absolute atomic E-state index is 12.7. The van der Waals surface area contributed by atoms with Gasteiger partial charge in [-0.2, -0.15) is 12.7 Å². The van der Waals surface area contributed by atoms with Gasteiger partial charge in [0.1, 0.15) is 6.17 Å². The van der Waals surface area contributed by atoms with E-state index in [1.165, 1.54) is 20.3 Å². The molecule has 1 atom stereocenters. The fraction of sp³-hybridized carbons (Fsp3) is 0.350. The number of guanidine groups is 1. The Balaban J connectivity index is 2.39. The zero-order valence-electron chi connectivity index (χ0n) is 18.0. The van der Waals surface area contributed by atoms with Gasteiger partial charge in [-0.3, -0.25) is 9.78 Å². The van der Waals surface area contributed by atoms with Crippen LogP contribution in [0.1, 0.15) is 31.1 Å². The number of rotatable bonds is 6. The summed E-state index contributed by atoms with van der Waals surface area (Å²) in [5, 5.41) is 6.28. The Hall–Kier alpha value is -2.69. The molecule has 3 N–H and O–H groups in total. The van der Waals surface area contributed by atoms with Gasteiger partial charge in [0.25, 0.3) is 5.91 Å². The summed E-state index contributed by atoms with van der Waals surface area (Å²) in [5.41, 5.74) is 0.400. The minimum absolute atomic E-state index is 0.0574. The van der Waals surface area contributed by atoms with Gasteiger partial charge in [-0.25, -0.2) is 9.71 Å². The van der Waals surface area contributed by atoms with E-state index in [-0.39, 0.29) is 11.9 Å². The average Bonchev–Trinajstić information content (AvgIpc) is 2.67. The summed E-state index contributed by atoms with van der Waals surface area (Å²) in [6.07, 6.45) is 2.36. The third kappa shape index (κ3) is 7.50. The van der Waals surface area contributed by atoms with Crippen LogP contribution in [0.5, 0.6) is 0 Å². The third-order valence-electron chi connectivity index (χ3n) is 4.08. The molecule has 2 aromatic rings. The standard InChI is InChI=1S/C20H27ClN6O3S/c1-20(2,3)18(24-17(28)14-8-10-15(21)11-9-14)25-19(26-31(29,30)27(4)5)23-16-7-6-12-22-13-16/h6-13,18H,1-5H3,(H,24,28)(H2,23,25,26). The van der Waals surface area contributed by atoms with Crippen LogP contribution in [-0.4, -0.2) is 49.8 Å². The molecule has 0 aliphatic carbocycles. The summed E-state index contributed by atoms with van der Waals surface area (Å²) in [4.78, 5) is 21.2. The fourth-order valence-corrected chi connectivity index (χ4v) is 2.91. The zero-order chi connectivity index (χ0) is 23.2. The van der Waals surface area contributed by atoms with Crippen molar-refractivity contribution in [2.24, 2.45) is 10.4 Å². The molecule has 0 fully saturated rings. The number of anilines is 1. The lowest BCUT2D eigenvalue weighted by molar-refractivity contribution is 0.0906. The van der Waals surface area contributed by atoms with Gasteiger partial charge in [0.2, 0.25) is 5.96 Å². The van der Waals surface area contributed by atoms with Crippen LogP contribution >= 0.6 is 11.6 Å². The minimum Gasteiger partial charge on any atom is -0.330 e. The smallest absolute Gasteiger partial charge is 0.303 e. The van der Waals surface area contributed by atoms with Gasteiger partial charge in [-0.05, 0) is 36.4 Å². The molecule has 0 spiro atoms. The Bertz CT molecular complexity index is 1020. The predicted molar refractivity (Wildman–Crippen MR) is 123 cm³/mol. The van der Waals surface area contributed by atoms with Crippen molar-refractivity contribution in [3.8, 4) is 0 Å². The summed E-state index contributed by atoms with van der Waals surface area (Å²) in [6.45, 7) is 5.64. The first-order valence-electron chi connectivity index (χ1n) is 9.40. The molecule has 1 aromatic heterocycles. The number of hydrogen-bond donors (Lipinski definition) is 3. The molecule has 1 heterocycles. The third-order valence-corrected chi connectivity index (χ3v) is 5.75. The second-order valence-corrected chi connectivity index (χ2v) is 10.3. The Kier molecular flexibility index (Phi) is 7.99. The Morgan fingerprint density at radius 1 is 1.16 bits per heavy atom. The minimum atomic E-state index is -3.85. The number of nitrogens with one attached hydrogen (secondary N) is 3. The molecule has 0 aliphatic rings. The van der Waals surface area contributed by atoms with Gasteiger partial charge < -0.3 is 10.6 Å². The highest BCUT2D eigenvalue weighted by Gasteiger charge is 2.28. The van der Waals surface area contributed by atoms with Crippen LogP contribution in [0.3, 0.4) is 0 Å². The normalized spacial score (nSPS) is 13.6. The van der Waals surface area contributed by atoms with Gasteiger partial charge in [0.15, 0.2) is 0 Å². The zero-order valence-corrected chi connectivity index (χ0v) is 19.6. The van der Waals surface area contributed by atoms with Crippen molar-refractivity contribution < 1.29 is 13.2 Å². The highest BCUT2D eigenvalue weighted by molar-refractivity contribution is 7.87. The molecule has 1 aromatic carbocycles. The molecule has 0 bridgehead atoms. The number of pyridine rings is 1. The summed E-state index contributed by atoms with van der Waals surface area (Å²) in [5.74, 6) is -0.422. The first-order valence-corrected chi connectivity index (χ1v) is 11.2. The average molecular weight is 467 g/mol. The molecular weight excluding hydrogens is 440 g/mol. The molecule has 9 nitrogen and oxygen atoms in total. The Labute approximate surface area is 188 Å². The van der Waals surface area contributed by atoms with Crippen LogP contribution in [0.25, 0.3) is 0 Å². The summed E-state index contributed by atoms with van der Waals surface area (Å²) in [7, 11) is -1.06. The SMILES string of the molecule is CN(C)S(=O)(=O)NC(=NC(NC(=O)c1ccc(Cl)cc1)C(C)(C)C)Nc1cccnc1. The summed E-state index contributed by atoms with van der Waals surface area (Å²) < 4.78 is 28.3. The summed E-state index contributed by atoms with van der Waals surface area (Å²) >= 11 is 5.89. The predicted octanol–water partition coefficient (Wildman–Crippen LogP) is 2.70. The molecule has 0 saturated carbocycles. The van der Waals surface area contributed by atoms with E-state index in [2.05, 4.69) is 25.3 Å². The molecule has 2 rings (SSSR count). The van der Waals surface area contributed by atoms with E-state index in [1.54, 1.807) is 42.6 Å². The first kappa shape index (κ1) is 24.6. The topological polar surface area (TPSA) is 116 Å². The fourth-order valence-electron chi connectivity index (χ4n) is 2.25. The lowest BCUT2D eigenvalue weighted by atomic mass is 9.92. The Morgan fingerprint density at radius 3 is 2.32 bits per heavy atom. The number of carbonyl (C=O) groups is 1. The number of halogens is 1. The molecule has 1 unspecified atom stereocenters. The number of hydrogen-bond acceptors (Lipinski definition) is 5. The molecule has 31 heavy (non-hydrogen) atoms. The molecule has 11 heteroatoms. The number of benzene rings is 1. The first-order chi connectivity index (χ1) is 14.4. The van der Waals surface area contributed by atoms with Crippen LogP contribution in [0, 0.1) is 5.41 Å². The molecule has 0 saturated heterocycles. The van der Waals surface area contributed by atoms with Crippen molar-refractivity contribution in [2.75, 3.05) is 19.4 Å². The van der Waals surface area contributed by atoms with E-state index in [9.17, 15) is 13.2 Å². The van der Waals surface area contributed by atoms with Crippen molar-refractivity contribution >= 4 is 39.4 Å². The number of nitrogens with zero attached hydrogens (tertiary/aromatic N) is 3. The van der Waals surface area contributed by atoms with Gasteiger partial charge >= 0.3 is 10.2 Å². The van der Waals surface area contributed by atoms with Crippen molar-refractivity contribution in [1.29, 1.82) is 0 Å². The molecular formula is C20H27ClN6O3S. The highest BCUT2D eigenvalue weighted by atomic mass is 35.5. The molecule has 0 radical (unpaired) electrons. The van der Waals surface area contributed by atoms with Crippen molar-refractivity contribution in [2.45, 2.75) is 26.9 Å². The highest BCUT2D eigenvalue weighted by Crippen LogP contribution is 2.21. The lowest BCUT2D eigenvalue weighted by Gasteiger charge is -2.29. The van der Waals surface area contributed by atoms with E-state index in [0.717, 1.165) is 4.31 Å². The van der Waals surface area contributed by atoms with E-state index in [1.807, 2.05) is 20.8 Å². The lowest BCUT2D eigenvalue weighted by Crippen LogP contribution is -2.47. The number of aromatic nitrogens is 1. The van der Waals surface area contributed by atoms with E-state index >= 15 is 0 Å². The van der Waals surface area contributed by atoms with Crippen molar-refractivity contribution in [3.63, 3.8) is 0 Å². The molecule has 168 valence electrons. The number of aliphatic imine (C=N–C) groups is 1. The number of amides is 1. The van der Waals surface area contributed by atoms with E-state index in [0.29, 0.717) is 16.3 Å². The van der Waals surface area contributed by atoms with Crippen molar-refractivity contribution in [3.05, 3.63) is 59.4 Å². The quantitative estimate of drug-likeness (QED) is 0.447. The molecule has 0 aliphatic heterocycles. The van der Waals surface area contributed by atoms with Crippen LogP contribution in [-0.2, 0) is 10.2 Å². The van der Waals surface area contributed by atoms with Gasteiger partial charge in [0.05, 0.1) is 11.9 Å². The van der Waals surface area contributed by atoms with Gasteiger partial charge in [-0.1, -0.05) is 32.4 Å². The second kappa shape index (κ2) is 10.1. The second-order valence-electron chi connectivity index (χ2n) is 7.98. The van der Waals surface area contributed by atoms with Gasteiger partial charge in [0, 0.05) is 36.3 Å². The van der Waals surface area contributed by atoms with Crippen molar-refractivity contribution in [1.82, 2.24) is 19.3 Å². The largest absolute Gasteiger partial charge is 0.330 e. The maximum Gasteiger partial charge on any atom is 0.303 e. The van der Waals surface area contributed by atoms with Crippen LogP contribution in [0.15, 0.2) is 53.8 Å². The van der Waals surface area contributed by atoms with E-state index in [4.69, 9.17) is 11.6 Å². The Morgan fingerprint density at radius 2 is 1.81 bits per heavy atom. The monoisotopic (exact) mass is 466 g/mol. The number of carbonyl (C=O) groups excluding carboxylic acids is 1.